The molecular formula is C18H17Cl2N5O. The molecule has 0 aliphatic carbocycles. The van der Waals surface area contributed by atoms with Crippen molar-refractivity contribution in [3.05, 3.63) is 79.3 Å². The Morgan fingerprint density at radius 3 is 2.54 bits per heavy atom. The van der Waals surface area contributed by atoms with Gasteiger partial charge in [-0.2, -0.15) is 14.9 Å². The molecule has 0 spiro atoms. The monoisotopic (exact) mass is 389 g/mol. The molecule has 0 saturated heterocycles. The van der Waals surface area contributed by atoms with E-state index in [1.54, 1.807) is 17.7 Å². The SMILES string of the molecule is Cc1cc(N)n(N=Cc2c(C)nn(Cc3ccc(Cl)cc3)c2Cl)c(=O)c1. The van der Waals surface area contributed by atoms with Crippen molar-refractivity contribution in [3.8, 4) is 0 Å². The summed E-state index contributed by atoms with van der Waals surface area (Å²) in [7, 11) is 0. The number of hydrogen-bond donors (Lipinski definition) is 1. The van der Waals surface area contributed by atoms with Crippen molar-refractivity contribution in [2.24, 2.45) is 5.10 Å². The highest BCUT2D eigenvalue weighted by atomic mass is 35.5. The van der Waals surface area contributed by atoms with Crippen molar-refractivity contribution in [2.45, 2.75) is 20.4 Å². The third-order valence-corrected chi connectivity index (χ3v) is 4.49. The number of rotatable bonds is 4. The van der Waals surface area contributed by atoms with Gasteiger partial charge in [0.05, 0.1) is 24.0 Å². The van der Waals surface area contributed by atoms with Gasteiger partial charge in [-0.05, 0) is 43.2 Å². The van der Waals surface area contributed by atoms with Crippen molar-refractivity contribution >= 4 is 35.2 Å². The molecule has 134 valence electrons. The number of anilines is 1. The van der Waals surface area contributed by atoms with E-state index in [1.807, 2.05) is 31.2 Å². The Morgan fingerprint density at radius 2 is 1.88 bits per heavy atom. The average Bonchev–Trinajstić information content (AvgIpc) is 2.83. The molecule has 6 nitrogen and oxygen atoms in total. The zero-order valence-corrected chi connectivity index (χ0v) is 15.8. The maximum Gasteiger partial charge on any atom is 0.273 e. The lowest BCUT2D eigenvalue weighted by molar-refractivity contribution is 0.680. The average molecular weight is 390 g/mol. The molecule has 0 aliphatic heterocycles. The number of nitrogens with two attached hydrogens (primary N) is 1. The molecule has 0 amide bonds. The van der Waals surface area contributed by atoms with E-state index in [1.165, 1.54) is 12.3 Å². The summed E-state index contributed by atoms with van der Waals surface area (Å²) in [6.07, 6.45) is 1.50. The quantitative estimate of drug-likeness (QED) is 0.693. The molecule has 3 aromatic rings. The first kappa shape index (κ1) is 18.2. The van der Waals surface area contributed by atoms with Crippen LogP contribution in [0.1, 0.15) is 22.4 Å². The van der Waals surface area contributed by atoms with Gasteiger partial charge in [-0.25, -0.2) is 4.68 Å². The maximum atomic E-state index is 12.0. The zero-order valence-electron chi connectivity index (χ0n) is 14.3. The van der Waals surface area contributed by atoms with Crippen molar-refractivity contribution in [3.63, 3.8) is 0 Å². The number of nitrogen functional groups attached to an aromatic ring is 1. The van der Waals surface area contributed by atoms with E-state index >= 15 is 0 Å². The standard InChI is InChI=1S/C18H17Cl2N5O/c1-11-7-16(21)25(17(26)8-11)22-9-15-12(2)23-24(18(15)20)10-13-3-5-14(19)6-4-13/h3-9H,10,21H2,1-2H3. The second kappa shape index (κ2) is 7.35. The highest BCUT2D eigenvalue weighted by Gasteiger charge is 2.12. The first-order chi connectivity index (χ1) is 12.3. The summed E-state index contributed by atoms with van der Waals surface area (Å²) < 4.78 is 2.79. The van der Waals surface area contributed by atoms with E-state index in [0.717, 1.165) is 15.8 Å². The molecular weight excluding hydrogens is 373 g/mol. The molecule has 3 rings (SSSR count). The predicted octanol–water partition coefficient (Wildman–Crippen LogP) is 3.48. The fourth-order valence-corrected chi connectivity index (χ4v) is 2.95. The van der Waals surface area contributed by atoms with Gasteiger partial charge < -0.3 is 5.73 Å². The van der Waals surface area contributed by atoms with E-state index in [2.05, 4.69) is 10.2 Å². The van der Waals surface area contributed by atoms with Crippen molar-refractivity contribution in [1.29, 1.82) is 0 Å². The number of pyridine rings is 1. The minimum Gasteiger partial charge on any atom is -0.384 e. The number of aryl methyl sites for hydroxylation is 2. The van der Waals surface area contributed by atoms with Crippen LogP contribution >= 0.6 is 23.2 Å². The Hall–Kier alpha value is -2.57. The minimum absolute atomic E-state index is 0.258. The molecule has 1 aromatic carbocycles. The van der Waals surface area contributed by atoms with Gasteiger partial charge in [0.25, 0.3) is 5.56 Å². The summed E-state index contributed by atoms with van der Waals surface area (Å²) in [4.78, 5) is 12.0. The molecule has 0 fully saturated rings. The van der Waals surface area contributed by atoms with Crippen LogP contribution < -0.4 is 11.3 Å². The topological polar surface area (TPSA) is 78.2 Å². The summed E-state index contributed by atoms with van der Waals surface area (Å²) in [6.45, 7) is 4.12. The lowest BCUT2D eigenvalue weighted by Gasteiger charge is -2.04. The van der Waals surface area contributed by atoms with Crippen LogP contribution in [0.2, 0.25) is 10.2 Å². The lowest BCUT2D eigenvalue weighted by atomic mass is 10.2. The van der Waals surface area contributed by atoms with Crippen molar-refractivity contribution < 1.29 is 0 Å². The van der Waals surface area contributed by atoms with Crippen LogP contribution in [0.3, 0.4) is 0 Å². The van der Waals surface area contributed by atoms with Crippen LogP contribution in [-0.4, -0.2) is 20.7 Å². The summed E-state index contributed by atoms with van der Waals surface area (Å²) in [6, 6.07) is 10.6. The van der Waals surface area contributed by atoms with E-state index in [9.17, 15) is 4.79 Å². The number of benzene rings is 1. The third kappa shape index (κ3) is 3.81. The van der Waals surface area contributed by atoms with Gasteiger partial charge in [-0.1, -0.05) is 35.3 Å². The molecule has 0 radical (unpaired) electrons. The summed E-state index contributed by atoms with van der Waals surface area (Å²) in [5.74, 6) is 0.258. The van der Waals surface area contributed by atoms with Crippen LogP contribution in [0.4, 0.5) is 5.82 Å². The number of aromatic nitrogens is 3. The Bertz CT molecular complexity index is 1030. The molecule has 8 heteroatoms. The van der Waals surface area contributed by atoms with Crippen LogP contribution in [0.15, 0.2) is 46.3 Å². The number of nitrogens with zero attached hydrogens (tertiary/aromatic N) is 4. The summed E-state index contributed by atoms with van der Waals surface area (Å²) in [5.41, 5.74) is 8.69. The lowest BCUT2D eigenvalue weighted by Crippen LogP contribution is -2.19. The second-order valence-corrected chi connectivity index (χ2v) is 6.72. The highest BCUT2D eigenvalue weighted by molar-refractivity contribution is 6.32. The molecule has 0 atom stereocenters. The molecule has 0 saturated carbocycles. The summed E-state index contributed by atoms with van der Waals surface area (Å²) in [5, 5.41) is 9.71. The Labute approximate surface area is 160 Å². The van der Waals surface area contributed by atoms with Crippen LogP contribution in [0.25, 0.3) is 0 Å². The van der Waals surface area contributed by atoms with Gasteiger partial charge in [0, 0.05) is 11.1 Å². The van der Waals surface area contributed by atoms with Gasteiger partial charge in [0.15, 0.2) is 0 Å². The smallest absolute Gasteiger partial charge is 0.273 e. The van der Waals surface area contributed by atoms with Gasteiger partial charge in [0.1, 0.15) is 11.0 Å². The molecule has 0 bridgehead atoms. The van der Waals surface area contributed by atoms with E-state index in [-0.39, 0.29) is 11.4 Å². The number of halogens is 2. The zero-order chi connectivity index (χ0) is 18.8. The Morgan fingerprint density at radius 1 is 1.19 bits per heavy atom. The first-order valence-electron chi connectivity index (χ1n) is 7.86. The van der Waals surface area contributed by atoms with E-state index in [4.69, 9.17) is 28.9 Å². The van der Waals surface area contributed by atoms with Gasteiger partial charge in [-0.3, -0.25) is 4.79 Å². The second-order valence-electron chi connectivity index (χ2n) is 5.93. The Kier molecular flexibility index (Phi) is 5.15. The summed E-state index contributed by atoms with van der Waals surface area (Å²) >= 11 is 12.4. The first-order valence-corrected chi connectivity index (χ1v) is 8.61. The molecule has 2 N–H and O–H groups in total. The van der Waals surface area contributed by atoms with E-state index in [0.29, 0.717) is 28.0 Å². The molecule has 2 aromatic heterocycles. The van der Waals surface area contributed by atoms with Gasteiger partial charge in [-0.15, -0.1) is 0 Å². The Balaban J connectivity index is 1.91. The van der Waals surface area contributed by atoms with E-state index < -0.39 is 0 Å². The fraction of sp³-hybridized carbons (Fsp3) is 0.167. The van der Waals surface area contributed by atoms with Crippen LogP contribution in [-0.2, 0) is 6.54 Å². The predicted molar refractivity (Wildman–Crippen MR) is 105 cm³/mol. The number of hydrogen-bond acceptors (Lipinski definition) is 4. The fourth-order valence-electron chi connectivity index (χ4n) is 2.54. The maximum absolute atomic E-state index is 12.0. The van der Waals surface area contributed by atoms with Crippen molar-refractivity contribution in [1.82, 2.24) is 14.5 Å². The van der Waals surface area contributed by atoms with Gasteiger partial charge >= 0.3 is 0 Å². The van der Waals surface area contributed by atoms with Crippen LogP contribution in [0.5, 0.6) is 0 Å². The molecule has 2 heterocycles. The molecule has 0 unspecified atom stereocenters. The third-order valence-electron chi connectivity index (χ3n) is 3.84. The molecule has 26 heavy (non-hydrogen) atoms. The minimum atomic E-state index is -0.305. The van der Waals surface area contributed by atoms with Crippen LogP contribution in [0, 0.1) is 13.8 Å². The van der Waals surface area contributed by atoms with Crippen molar-refractivity contribution in [2.75, 3.05) is 5.73 Å². The normalized spacial score (nSPS) is 11.4. The largest absolute Gasteiger partial charge is 0.384 e. The van der Waals surface area contributed by atoms with Gasteiger partial charge in [0.2, 0.25) is 0 Å². The molecule has 0 aliphatic rings. The highest BCUT2D eigenvalue weighted by Crippen LogP contribution is 2.20.